The number of nitro benzene ring substituents is 1. The molecule has 0 radical (unpaired) electrons. The van der Waals surface area contributed by atoms with Gasteiger partial charge in [0.05, 0.1) is 67.1 Å². The lowest BCUT2D eigenvalue weighted by atomic mass is 9.93. The SMILES string of the molecule is COc1cc2ncnc(-c3c(OC)c(OC)c(-c4ccc([N+](=O)[O-])cc4F)c4c(Cl)nc(N)nc34)c2cc1OC. The molecule has 0 spiro atoms. The van der Waals surface area contributed by atoms with Crippen LogP contribution in [0.2, 0.25) is 5.15 Å². The van der Waals surface area contributed by atoms with Gasteiger partial charge in [0.15, 0.2) is 23.0 Å². The van der Waals surface area contributed by atoms with Gasteiger partial charge in [0.2, 0.25) is 5.95 Å². The van der Waals surface area contributed by atoms with Gasteiger partial charge < -0.3 is 24.7 Å². The smallest absolute Gasteiger partial charge is 0.272 e. The van der Waals surface area contributed by atoms with Crippen LogP contribution in [-0.4, -0.2) is 53.3 Å². The van der Waals surface area contributed by atoms with Crippen LogP contribution in [0, 0.1) is 15.9 Å². The number of hydrogen-bond donors (Lipinski definition) is 1. The average molecular weight is 567 g/mol. The molecular formula is C26H20ClFN6O6. The van der Waals surface area contributed by atoms with E-state index in [1.165, 1.54) is 40.8 Å². The minimum atomic E-state index is -0.902. The first-order valence-corrected chi connectivity index (χ1v) is 11.8. The predicted molar refractivity (Wildman–Crippen MR) is 146 cm³/mol. The third kappa shape index (κ3) is 4.16. The molecule has 5 rings (SSSR count). The van der Waals surface area contributed by atoms with Gasteiger partial charge in [-0.05, 0) is 12.1 Å². The van der Waals surface area contributed by atoms with E-state index in [0.717, 1.165) is 12.1 Å². The monoisotopic (exact) mass is 566 g/mol. The average Bonchev–Trinajstić information content (AvgIpc) is 2.94. The predicted octanol–water partition coefficient (Wildman–Crippen LogP) is 5.22. The van der Waals surface area contributed by atoms with Gasteiger partial charge in [0, 0.05) is 28.6 Å². The Hall–Kier alpha value is -5.04. The van der Waals surface area contributed by atoms with Crippen molar-refractivity contribution in [2.24, 2.45) is 0 Å². The number of benzene rings is 3. The van der Waals surface area contributed by atoms with E-state index < -0.39 is 16.4 Å². The summed E-state index contributed by atoms with van der Waals surface area (Å²) in [6.07, 6.45) is 1.34. The Morgan fingerprint density at radius 1 is 0.925 bits per heavy atom. The highest BCUT2D eigenvalue weighted by Crippen LogP contribution is 2.53. The number of methoxy groups -OCH3 is 4. The summed E-state index contributed by atoms with van der Waals surface area (Å²) in [5, 5.41) is 11.8. The van der Waals surface area contributed by atoms with Gasteiger partial charge in [-0.15, -0.1) is 0 Å². The van der Waals surface area contributed by atoms with Crippen LogP contribution in [0.4, 0.5) is 16.0 Å². The molecule has 2 heterocycles. The Balaban J connectivity index is 1.98. The van der Waals surface area contributed by atoms with Gasteiger partial charge in [-0.3, -0.25) is 10.1 Å². The van der Waals surface area contributed by atoms with Crippen molar-refractivity contribution in [2.75, 3.05) is 34.2 Å². The zero-order valence-corrected chi connectivity index (χ0v) is 22.2. The van der Waals surface area contributed by atoms with Crippen molar-refractivity contribution in [3.8, 4) is 45.4 Å². The molecule has 0 amide bonds. The fourth-order valence-electron chi connectivity index (χ4n) is 4.57. The number of non-ortho nitro benzene ring substituents is 1. The second kappa shape index (κ2) is 10.3. The summed E-state index contributed by atoms with van der Waals surface area (Å²) in [4.78, 5) is 27.9. The van der Waals surface area contributed by atoms with Crippen LogP contribution in [0.1, 0.15) is 0 Å². The number of halogens is 2. The number of hydrogen-bond acceptors (Lipinski definition) is 11. The third-order valence-corrected chi connectivity index (χ3v) is 6.52. The van der Waals surface area contributed by atoms with Crippen LogP contribution in [0.5, 0.6) is 23.0 Å². The molecule has 2 aromatic heterocycles. The molecule has 0 fully saturated rings. The molecule has 0 saturated heterocycles. The molecule has 0 atom stereocenters. The molecule has 3 aromatic carbocycles. The highest BCUT2D eigenvalue weighted by molar-refractivity contribution is 6.36. The molecule has 0 saturated carbocycles. The maximum absolute atomic E-state index is 15.4. The van der Waals surface area contributed by atoms with Gasteiger partial charge in [0.1, 0.15) is 17.3 Å². The zero-order chi connectivity index (χ0) is 28.7. The normalized spacial score (nSPS) is 11.1. The first-order chi connectivity index (χ1) is 19.2. The largest absolute Gasteiger partial charge is 0.493 e. The number of nitrogens with zero attached hydrogens (tertiary/aromatic N) is 5. The lowest BCUT2D eigenvalue weighted by Crippen LogP contribution is -2.05. The highest BCUT2D eigenvalue weighted by Gasteiger charge is 2.30. The van der Waals surface area contributed by atoms with Gasteiger partial charge in [0.25, 0.3) is 5.69 Å². The molecule has 5 aromatic rings. The van der Waals surface area contributed by atoms with E-state index in [9.17, 15) is 10.1 Å². The van der Waals surface area contributed by atoms with Gasteiger partial charge >= 0.3 is 0 Å². The first kappa shape index (κ1) is 26.6. The summed E-state index contributed by atoms with van der Waals surface area (Å²) in [6, 6.07) is 6.58. The number of rotatable bonds is 7. The maximum atomic E-state index is 15.4. The van der Waals surface area contributed by atoms with E-state index in [4.69, 9.17) is 36.3 Å². The van der Waals surface area contributed by atoms with Crippen molar-refractivity contribution in [3.63, 3.8) is 0 Å². The molecular weight excluding hydrogens is 547 g/mol. The molecule has 14 heteroatoms. The maximum Gasteiger partial charge on any atom is 0.272 e. The number of nitro groups is 1. The van der Waals surface area contributed by atoms with E-state index >= 15 is 4.39 Å². The third-order valence-electron chi connectivity index (χ3n) is 6.25. The number of anilines is 1. The first-order valence-electron chi connectivity index (χ1n) is 11.5. The highest BCUT2D eigenvalue weighted by atomic mass is 35.5. The van der Waals surface area contributed by atoms with Crippen LogP contribution in [0.15, 0.2) is 36.7 Å². The van der Waals surface area contributed by atoms with Gasteiger partial charge in [-0.1, -0.05) is 11.6 Å². The van der Waals surface area contributed by atoms with Crippen molar-refractivity contribution in [1.29, 1.82) is 0 Å². The number of aromatic nitrogens is 4. The number of ether oxygens (including phenoxy) is 4. The van der Waals surface area contributed by atoms with Gasteiger partial charge in [-0.25, -0.2) is 24.3 Å². The molecule has 0 bridgehead atoms. The Labute approximate surface area is 230 Å². The molecule has 0 aliphatic heterocycles. The Bertz CT molecular complexity index is 1840. The molecule has 0 unspecified atom stereocenters. The minimum Gasteiger partial charge on any atom is -0.493 e. The molecule has 0 aliphatic carbocycles. The van der Waals surface area contributed by atoms with Crippen LogP contribution in [0.25, 0.3) is 44.2 Å². The molecule has 204 valence electrons. The van der Waals surface area contributed by atoms with Crippen molar-refractivity contribution in [3.05, 3.63) is 57.7 Å². The van der Waals surface area contributed by atoms with Crippen LogP contribution < -0.4 is 24.7 Å². The van der Waals surface area contributed by atoms with Crippen molar-refractivity contribution in [2.45, 2.75) is 0 Å². The van der Waals surface area contributed by atoms with E-state index in [1.54, 1.807) is 12.1 Å². The second-order valence-corrected chi connectivity index (χ2v) is 8.64. The number of fused-ring (bicyclic) bond motifs is 2. The lowest BCUT2D eigenvalue weighted by Gasteiger charge is -2.21. The topological polar surface area (TPSA) is 158 Å². The fourth-order valence-corrected chi connectivity index (χ4v) is 4.84. The summed E-state index contributed by atoms with van der Waals surface area (Å²) in [6.45, 7) is 0. The number of nitrogens with two attached hydrogens (primary N) is 1. The van der Waals surface area contributed by atoms with E-state index in [1.807, 2.05) is 0 Å². The Morgan fingerprint density at radius 2 is 1.60 bits per heavy atom. The van der Waals surface area contributed by atoms with Crippen LogP contribution in [0.3, 0.4) is 0 Å². The Morgan fingerprint density at radius 3 is 2.23 bits per heavy atom. The summed E-state index contributed by atoms with van der Waals surface area (Å²) >= 11 is 6.61. The Kier molecular flexibility index (Phi) is 6.81. The van der Waals surface area contributed by atoms with Gasteiger partial charge in [-0.2, -0.15) is 0 Å². The van der Waals surface area contributed by atoms with Crippen molar-refractivity contribution >= 4 is 45.0 Å². The van der Waals surface area contributed by atoms with E-state index in [2.05, 4.69) is 19.9 Å². The van der Waals surface area contributed by atoms with Crippen LogP contribution >= 0.6 is 11.6 Å². The number of nitrogen functional groups attached to an aromatic ring is 1. The molecule has 40 heavy (non-hydrogen) atoms. The van der Waals surface area contributed by atoms with E-state index in [-0.39, 0.29) is 44.6 Å². The second-order valence-electron chi connectivity index (χ2n) is 8.28. The summed E-state index contributed by atoms with van der Waals surface area (Å²) < 4.78 is 37.9. The van der Waals surface area contributed by atoms with Crippen molar-refractivity contribution in [1.82, 2.24) is 19.9 Å². The summed E-state index contributed by atoms with van der Waals surface area (Å²) in [7, 11) is 5.75. The molecule has 2 N–H and O–H groups in total. The van der Waals surface area contributed by atoms with Crippen LogP contribution in [-0.2, 0) is 0 Å². The molecule has 0 aliphatic rings. The zero-order valence-electron chi connectivity index (χ0n) is 21.5. The fraction of sp³-hybridized carbons (Fsp3) is 0.154. The van der Waals surface area contributed by atoms with E-state index in [0.29, 0.717) is 33.7 Å². The quantitative estimate of drug-likeness (QED) is 0.156. The minimum absolute atomic E-state index is 0.0558. The standard InChI is InChI=1S/C26H20ClFN6O6/c1-37-16-8-13-15(9-17(16)38-2)30-10-31-21(13)20-22-19(25(27)33-26(29)32-22)18(23(39-3)24(20)40-4)12-6-5-11(34(35)36)7-14(12)28/h5-10H,1-4H3,(H2,29,32,33). The van der Waals surface area contributed by atoms with Crippen molar-refractivity contribution < 1.29 is 28.3 Å². The summed E-state index contributed by atoms with van der Waals surface area (Å²) in [5.41, 5.74) is 6.93. The summed E-state index contributed by atoms with van der Waals surface area (Å²) in [5.74, 6) is -0.0304. The molecule has 12 nitrogen and oxygen atoms in total. The lowest BCUT2D eigenvalue weighted by molar-refractivity contribution is -0.385.